The predicted octanol–water partition coefficient (Wildman–Crippen LogP) is 1.29. The summed E-state index contributed by atoms with van der Waals surface area (Å²) >= 11 is 0. The minimum absolute atomic E-state index is 0.0751. The van der Waals surface area contributed by atoms with Gasteiger partial charge in [0, 0.05) is 24.6 Å². The summed E-state index contributed by atoms with van der Waals surface area (Å²) in [5.41, 5.74) is 1.59. The van der Waals surface area contributed by atoms with Crippen molar-refractivity contribution in [3.8, 4) is 11.5 Å². The summed E-state index contributed by atoms with van der Waals surface area (Å²) in [4.78, 5) is 22.7. The highest BCUT2D eigenvalue weighted by Crippen LogP contribution is 2.38. The number of aliphatic imine (C=N–C) groups is 2. The molecule has 2 heterocycles. The Morgan fingerprint density at radius 1 is 1.32 bits per heavy atom. The third kappa shape index (κ3) is 2.28. The average Bonchev–Trinajstić information content (AvgIpc) is 3.03. The minimum atomic E-state index is -0.0751. The number of hydrogen-bond donors (Lipinski definition) is 1. The maximum absolute atomic E-state index is 11.7. The van der Waals surface area contributed by atoms with Gasteiger partial charge in [-0.05, 0) is 6.07 Å². The Kier molecular flexibility index (Phi) is 3.70. The molecule has 0 radical (unpaired) electrons. The van der Waals surface area contributed by atoms with E-state index in [1.54, 1.807) is 27.2 Å². The summed E-state index contributed by atoms with van der Waals surface area (Å²) in [7, 11) is 3.17. The first-order chi connectivity index (χ1) is 10.7. The summed E-state index contributed by atoms with van der Waals surface area (Å²) < 4.78 is 10.7. The normalized spacial score (nSPS) is 15.5. The van der Waals surface area contributed by atoms with Crippen LogP contribution in [0.3, 0.4) is 0 Å². The molecule has 2 aliphatic rings. The Morgan fingerprint density at radius 3 is 2.73 bits per heavy atom. The molecule has 116 valence electrons. The molecule has 0 bridgehead atoms. The van der Waals surface area contributed by atoms with Crippen LogP contribution in [0.15, 0.2) is 22.1 Å². The number of hydrogen-bond acceptors (Lipinski definition) is 6. The quantitative estimate of drug-likeness (QED) is 0.913. The molecule has 1 N–H and O–H groups in total. The van der Waals surface area contributed by atoms with Crippen LogP contribution in [0, 0.1) is 0 Å². The number of ether oxygens (including phenoxy) is 2. The molecule has 1 aromatic rings. The van der Waals surface area contributed by atoms with Gasteiger partial charge >= 0.3 is 0 Å². The van der Waals surface area contributed by atoms with Crippen molar-refractivity contribution < 1.29 is 14.3 Å². The van der Waals surface area contributed by atoms with E-state index >= 15 is 0 Å². The zero-order valence-corrected chi connectivity index (χ0v) is 12.8. The first-order valence-electron chi connectivity index (χ1n) is 7.14. The van der Waals surface area contributed by atoms with Gasteiger partial charge in [-0.2, -0.15) is 0 Å². The van der Waals surface area contributed by atoms with Crippen LogP contribution in [0.2, 0.25) is 0 Å². The molecular weight excluding hydrogens is 284 g/mol. The number of fused-ring (bicyclic) bond motifs is 3. The molecule has 0 saturated carbocycles. The van der Waals surface area contributed by atoms with Gasteiger partial charge in [-0.3, -0.25) is 20.0 Å². The zero-order chi connectivity index (χ0) is 15.7. The highest BCUT2D eigenvalue weighted by atomic mass is 16.5. The molecule has 0 unspecified atom stereocenters. The number of nitrogens with one attached hydrogen (secondary N) is 1. The van der Waals surface area contributed by atoms with E-state index in [9.17, 15) is 4.79 Å². The molecule has 0 aliphatic carbocycles. The van der Waals surface area contributed by atoms with Gasteiger partial charge in [0.25, 0.3) is 0 Å². The lowest BCUT2D eigenvalue weighted by molar-refractivity contribution is -0.119. The first-order valence-corrected chi connectivity index (χ1v) is 7.14. The lowest BCUT2D eigenvalue weighted by Gasteiger charge is -2.28. The van der Waals surface area contributed by atoms with Gasteiger partial charge in [0.05, 0.1) is 26.5 Å². The van der Waals surface area contributed by atoms with Crippen molar-refractivity contribution in [3.05, 3.63) is 17.7 Å². The number of nitrogens with zero attached hydrogens (tertiary/aromatic N) is 3. The van der Waals surface area contributed by atoms with Crippen molar-refractivity contribution in [2.45, 2.75) is 13.3 Å². The Hall–Kier alpha value is -2.57. The topological polar surface area (TPSA) is 75.5 Å². The molecular formula is C15H18N4O3. The second-order valence-electron chi connectivity index (χ2n) is 4.92. The van der Waals surface area contributed by atoms with Gasteiger partial charge in [0.2, 0.25) is 11.9 Å². The largest absolute Gasteiger partial charge is 0.493 e. The van der Waals surface area contributed by atoms with Crippen molar-refractivity contribution in [2.24, 2.45) is 9.98 Å². The monoisotopic (exact) mass is 302 g/mol. The molecule has 1 amide bonds. The summed E-state index contributed by atoms with van der Waals surface area (Å²) in [6.45, 7) is 3.18. The van der Waals surface area contributed by atoms with Gasteiger partial charge in [0.15, 0.2) is 11.5 Å². The fourth-order valence-corrected chi connectivity index (χ4v) is 2.51. The first kappa shape index (κ1) is 14.4. The maximum Gasteiger partial charge on any atom is 0.226 e. The third-order valence-electron chi connectivity index (χ3n) is 3.64. The van der Waals surface area contributed by atoms with E-state index in [2.05, 4.69) is 15.3 Å². The molecule has 22 heavy (non-hydrogen) atoms. The van der Waals surface area contributed by atoms with E-state index in [-0.39, 0.29) is 5.91 Å². The van der Waals surface area contributed by atoms with Gasteiger partial charge in [-0.25, -0.2) is 4.99 Å². The van der Waals surface area contributed by atoms with E-state index in [0.717, 1.165) is 11.4 Å². The van der Waals surface area contributed by atoms with Crippen molar-refractivity contribution in [2.75, 3.05) is 27.3 Å². The van der Waals surface area contributed by atoms with Crippen LogP contribution in [0.4, 0.5) is 5.69 Å². The average molecular weight is 302 g/mol. The fourth-order valence-electron chi connectivity index (χ4n) is 2.51. The predicted molar refractivity (Wildman–Crippen MR) is 83.2 cm³/mol. The lowest BCUT2D eigenvalue weighted by atomic mass is 10.1. The van der Waals surface area contributed by atoms with Gasteiger partial charge in [0.1, 0.15) is 5.84 Å². The van der Waals surface area contributed by atoms with Crippen LogP contribution >= 0.6 is 0 Å². The fraction of sp³-hybridized carbons (Fsp3) is 0.400. The van der Waals surface area contributed by atoms with Crippen LogP contribution in [0.5, 0.6) is 11.5 Å². The Morgan fingerprint density at radius 2 is 2.05 bits per heavy atom. The Bertz CT molecular complexity index is 682. The number of carbonyl (C=O) groups is 1. The number of amides is 1. The highest BCUT2D eigenvalue weighted by Gasteiger charge is 2.31. The number of carbonyl (C=O) groups excluding carboxylic acids is 1. The maximum atomic E-state index is 11.7. The van der Waals surface area contributed by atoms with E-state index < -0.39 is 0 Å². The molecule has 3 rings (SSSR count). The second-order valence-corrected chi connectivity index (χ2v) is 4.92. The van der Waals surface area contributed by atoms with Crippen LogP contribution < -0.4 is 14.8 Å². The second kappa shape index (κ2) is 5.67. The molecule has 0 atom stereocenters. The van der Waals surface area contributed by atoms with Gasteiger partial charge < -0.3 is 9.47 Å². The van der Waals surface area contributed by atoms with Crippen molar-refractivity contribution >= 4 is 23.4 Å². The Balaban J connectivity index is 2.09. The molecule has 7 heteroatoms. The van der Waals surface area contributed by atoms with Crippen molar-refractivity contribution in [3.63, 3.8) is 0 Å². The standard InChI is InChI=1S/C15H18N4O3/c1-4-13(20)18-15-17-10-8-12(22-3)11(21-2)7-9(10)14-16-5-6-19(14)15/h7-8H,4-6H2,1-3H3,(H,17,18,20). The van der Waals surface area contributed by atoms with Crippen molar-refractivity contribution in [1.82, 2.24) is 10.2 Å². The zero-order valence-electron chi connectivity index (χ0n) is 12.8. The molecule has 0 saturated heterocycles. The molecule has 1 aromatic carbocycles. The van der Waals surface area contributed by atoms with Crippen LogP contribution in [0.25, 0.3) is 0 Å². The molecule has 0 spiro atoms. The van der Waals surface area contributed by atoms with E-state index in [1.165, 1.54) is 0 Å². The summed E-state index contributed by atoms with van der Waals surface area (Å²) in [6.07, 6.45) is 0.401. The summed E-state index contributed by atoms with van der Waals surface area (Å²) in [5.74, 6) is 2.47. The summed E-state index contributed by atoms with van der Waals surface area (Å²) in [5, 5.41) is 2.83. The smallest absolute Gasteiger partial charge is 0.226 e. The van der Waals surface area contributed by atoms with Gasteiger partial charge in [-0.15, -0.1) is 0 Å². The molecule has 2 aliphatic heterocycles. The van der Waals surface area contributed by atoms with Crippen LogP contribution in [-0.4, -0.2) is 49.9 Å². The SMILES string of the molecule is CCC(=O)NC1=Nc2cc(OC)c(OC)cc2C2=NCCN12. The van der Waals surface area contributed by atoms with E-state index in [0.29, 0.717) is 42.7 Å². The van der Waals surface area contributed by atoms with Gasteiger partial charge in [-0.1, -0.05) is 6.92 Å². The van der Waals surface area contributed by atoms with Crippen LogP contribution in [-0.2, 0) is 4.79 Å². The van der Waals surface area contributed by atoms with Crippen LogP contribution in [0.1, 0.15) is 18.9 Å². The van der Waals surface area contributed by atoms with E-state index in [1.807, 2.05) is 11.0 Å². The molecule has 7 nitrogen and oxygen atoms in total. The highest BCUT2D eigenvalue weighted by molar-refractivity contribution is 6.18. The minimum Gasteiger partial charge on any atom is -0.493 e. The number of amidine groups is 1. The molecule has 0 fully saturated rings. The lowest BCUT2D eigenvalue weighted by Crippen LogP contribution is -2.47. The Labute approximate surface area is 128 Å². The third-order valence-corrected chi connectivity index (χ3v) is 3.64. The number of methoxy groups -OCH3 is 2. The molecule has 0 aromatic heterocycles. The number of guanidine groups is 1. The number of rotatable bonds is 3. The van der Waals surface area contributed by atoms with Crippen molar-refractivity contribution in [1.29, 1.82) is 0 Å². The number of benzene rings is 1. The van der Waals surface area contributed by atoms with E-state index in [4.69, 9.17) is 9.47 Å². The summed E-state index contributed by atoms with van der Waals surface area (Å²) in [6, 6.07) is 3.66.